The standard InChI is InChI=1S/C16H17FN2O2/c1-11-3-2-4-14(16(11)17)21-10-15(20)19-13-7-5-12(9-18)6-8-13/h2-8H,9-10,18H2,1H3,(H,19,20). The number of carbonyl (C=O) groups excluding carboxylic acids is 1. The second kappa shape index (κ2) is 6.85. The van der Waals surface area contributed by atoms with Crippen molar-refractivity contribution in [3.8, 4) is 5.75 Å². The number of ether oxygens (including phenoxy) is 1. The van der Waals surface area contributed by atoms with Crippen molar-refractivity contribution in [2.24, 2.45) is 5.73 Å². The summed E-state index contributed by atoms with van der Waals surface area (Å²) in [4.78, 5) is 11.8. The van der Waals surface area contributed by atoms with Gasteiger partial charge in [0.25, 0.3) is 5.91 Å². The summed E-state index contributed by atoms with van der Waals surface area (Å²) in [5.74, 6) is -0.724. The number of rotatable bonds is 5. The van der Waals surface area contributed by atoms with E-state index in [1.54, 1.807) is 31.2 Å². The van der Waals surface area contributed by atoms with Crippen LogP contribution < -0.4 is 15.8 Å². The third-order valence-electron chi connectivity index (χ3n) is 2.99. The summed E-state index contributed by atoms with van der Waals surface area (Å²) in [6.45, 7) is 1.84. The average molecular weight is 288 g/mol. The molecule has 0 aliphatic heterocycles. The van der Waals surface area contributed by atoms with Crippen LogP contribution in [0.4, 0.5) is 10.1 Å². The molecular weight excluding hydrogens is 271 g/mol. The van der Waals surface area contributed by atoms with Gasteiger partial charge in [-0.25, -0.2) is 4.39 Å². The first-order chi connectivity index (χ1) is 10.1. The van der Waals surface area contributed by atoms with Gasteiger partial charge >= 0.3 is 0 Å². The zero-order valence-corrected chi connectivity index (χ0v) is 11.7. The monoisotopic (exact) mass is 288 g/mol. The summed E-state index contributed by atoms with van der Waals surface area (Å²) in [6.07, 6.45) is 0. The molecule has 0 unspecified atom stereocenters. The normalized spacial score (nSPS) is 10.2. The minimum absolute atomic E-state index is 0.0728. The van der Waals surface area contributed by atoms with Crippen LogP contribution in [0.5, 0.6) is 5.75 Å². The van der Waals surface area contributed by atoms with Gasteiger partial charge in [-0.1, -0.05) is 24.3 Å². The minimum atomic E-state index is -0.447. The molecule has 0 saturated heterocycles. The maximum absolute atomic E-state index is 13.7. The van der Waals surface area contributed by atoms with Crippen molar-refractivity contribution < 1.29 is 13.9 Å². The van der Waals surface area contributed by atoms with Crippen molar-refractivity contribution in [2.45, 2.75) is 13.5 Å². The predicted molar refractivity (Wildman–Crippen MR) is 79.6 cm³/mol. The quantitative estimate of drug-likeness (QED) is 0.889. The molecule has 0 bridgehead atoms. The van der Waals surface area contributed by atoms with E-state index in [4.69, 9.17) is 10.5 Å². The van der Waals surface area contributed by atoms with Crippen molar-refractivity contribution >= 4 is 11.6 Å². The van der Waals surface area contributed by atoms with Crippen LogP contribution in [0.3, 0.4) is 0 Å². The Bertz CT molecular complexity index is 627. The molecule has 2 rings (SSSR count). The van der Waals surface area contributed by atoms with Crippen LogP contribution in [0, 0.1) is 12.7 Å². The van der Waals surface area contributed by atoms with E-state index in [1.165, 1.54) is 6.07 Å². The Kier molecular flexibility index (Phi) is 4.90. The Morgan fingerprint density at radius 2 is 1.95 bits per heavy atom. The van der Waals surface area contributed by atoms with Gasteiger partial charge in [-0.05, 0) is 36.2 Å². The minimum Gasteiger partial charge on any atom is -0.481 e. The fraction of sp³-hybridized carbons (Fsp3) is 0.188. The Labute approximate surface area is 122 Å². The summed E-state index contributed by atoms with van der Waals surface area (Å²) in [5, 5.41) is 2.67. The van der Waals surface area contributed by atoms with E-state index in [1.807, 2.05) is 12.1 Å². The largest absolute Gasteiger partial charge is 0.481 e. The van der Waals surface area contributed by atoms with Gasteiger partial charge in [0.15, 0.2) is 18.2 Å². The van der Waals surface area contributed by atoms with Crippen LogP contribution >= 0.6 is 0 Å². The molecule has 0 fully saturated rings. The molecule has 0 saturated carbocycles. The molecule has 5 heteroatoms. The van der Waals surface area contributed by atoms with E-state index in [9.17, 15) is 9.18 Å². The topological polar surface area (TPSA) is 64.3 Å². The lowest BCUT2D eigenvalue weighted by atomic mass is 10.2. The molecule has 2 aromatic rings. The van der Waals surface area contributed by atoms with Gasteiger partial charge in [0, 0.05) is 12.2 Å². The van der Waals surface area contributed by atoms with E-state index >= 15 is 0 Å². The van der Waals surface area contributed by atoms with E-state index in [0.717, 1.165) is 5.56 Å². The third-order valence-corrected chi connectivity index (χ3v) is 2.99. The van der Waals surface area contributed by atoms with Gasteiger partial charge in [0.1, 0.15) is 0 Å². The first-order valence-electron chi connectivity index (χ1n) is 6.57. The summed E-state index contributed by atoms with van der Waals surface area (Å²) < 4.78 is 18.9. The van der Waals surface area contributed by atoms with Crippen LogP contribution in [0.2, 0.25) is 0 Å². The lowest BCUT2D eigenvalue weighted by Gasteiger charge is -2.09. The number of benzene rings is 2. The SMILES string of the molecule is Cc1cccc(OCC(=O)Nc2ccc(CN)cc2)c1F. The van der Waals surface area contributed by atoms with Crippen LogP contribution in [0.1, 0.15) is 11.1 Å². The van der Waals surface area contributed by atoms with Gasteiger partial charge in [-0.2, -0.15) is 0 Å². The van der Waals surface area contributed by atoms with Crippen LogP contribution in [-0.4, -0.2) is 12.5 Å². The van der Waals surface area contributed by atoms with E-state index < -0.39 is 5.82 Å². The first-order valence-corrected chi connectivity index (χ1v) is 6.57. The summed E-state index contributed by atoms with van der Waals surface area (Å²) in [7, 11) is 0. The Morgan fingerprint density at radius 1 is 1.24 bits per heavy atom. The highest BCUT2D eigenvalue weighted by atomic mass is 19.1. The van der Waals surface area contributed by atoms with Gasteiger partial charge in [0.05, 0.1) is 0 Å². The van der Waals surface area contributed by atoms with Crippen LogP contribution in [0.15, 0.2) is 42.5 Å². The fourth-order valence-electron chi connectivity index (χ4n) is 1.80. The number of aryl methyl sites for hydroxylation is 1. The highest BCUT2D eigenvalue weighted by molar-refractivity contribution is 5.91. The zero-order chi connectivity index (χ0) is 15.2. The predicted octanol–water partition coefficient (Wildman–Crippen LogP) is 2.61. The Balaban J connectivity index is 1.91. The van der Waals surface area contributed by atoms with Crippen LogP contribution in [-0.2, 0) is 11.3 Å². The molecule has 0 atom stereocenters. The van der Waals surface area contributed by atoms with Crippen molar-refractivity contribution in [2.75, 3.05) is 11.9 Å². The first kappa shape index (κ1) is 15.0. The molecule has 0 heterocycles. The van der Waals surface area contributed by atoms with Crippen molar-refractivity contribution in [3.63, 3.8) is 0 Å². The number of amides is 1. The molecular formula is C16H17FN2O2. The number of hydrogen-bond donors (Lipinski definition) is 2. The number of hydrogen-bond acceptors (Lipinski definition) is 3. The molecule has 21 heavy (non-hydrogen) atoms. The number of anilines is 1. The summed E-state index contributed by atoms with van der Waals surface area (Å²) in [5.41, 5.74) is 7.60. The molecule has 110 valence electrons. The Hall–Kier alpha value is -2.40. The highest BCUT2D eigenvalue weighted by Crippen LogP contribution is 2.19. The van der Waals surface area contributed by atoms with Gasteiger partial charge < -0.3 is 15.8 Å². The maximum atomic E-state index is 13.7. The van der Waals surface area contributed by atoms with E-state index in [2.05, 4.69) is 5.32 Å². The van der Waals surface area contributed by atoms with Gasteiger partial charge in [-0.3, -0.25) is 4.79 Å². The van der Waals surface area contributed by atoms with Crippen molar-refractivity contribution in [1.29, 1.82) is 0 Å². The van der Waals surface area contributed by atoms with Crippen molar-refractivity contribution in [1.82, 2.24) is 0 Å². The smallest absolute Gasteiger partial charge is 0.262 e. The second-order valence-electron chi connectivity index (χ2n) is 4.62. The lowest BCUT2D eigenvalue weighted by Crippen LogP contribution is -2.20. The molecule has 0 radical (unpaired) electrons. The lowest BCUT2D eigenvalue weighted by molar-refractivity contribution is -0.118. The highest BCUT2D eigenvalue weighted by Gasteiger charge is 2.08. The van der Waals surface area contributed by atoms with Crippen molar-refractivity contribution in [3.05, 3.63) is 59.4 Å². The summed E-state index contributed by atoms with van der Waals surface area (Å²) in [6, 6.07) is 12.0. The number of nitrogens with one attached hydrogen (secondary N) is 1. The molecule has 4 nitrogen and oxygen atoms in total. The molecule has 0 aliphatic rings. The number of halogens is 1. The average Bonchev–Trinajstić information content (AvgIpc) is 2.49. The molecule has 0 spiro atoms. The molecule has 1 amide bonds. The number of nitrogens with two attached hydrogens (primary N) is 1. The van der Waals surface area contributed by atoms with Gasteiger partial charge in [-0.15, -0.1) is 0 Å². The van der Waals surface area contributed by atoms with E-state index in [-0.39, 0.29) is 18.3 Å². The van der Waals surface area contributed by atoms with Gasteiger partial charge in [0.2, 0.25) is 0 Å². The molecule has 3 N–H and O–H groups in total. The molecule has 0 aromatic heterocycles. The van der Waals surface area contributed by atoms with Crippen LogP contribution in [0.25, 0.3) is 0 Å². The number of carbonyl (C=O) groups is 1. The molecule has 0 aliphatic carbocycles. The second-order valence-corrected chi connectivity index (χ2v) is 4.62. The maximum Gasteiger partial charge on any atom is 0.262 e. The summed E-state index contributed by atoms with van der Waals surface area (Å²) >= 11 is 0. The molecule has 2 aromatic carbocycles. The Morgan fingerprint density at radius 3 is 2.62 bits per heavy atom. The third kappa shape index (κ3) is 4.03. The zero-order valence-electron chi connectivity index (χ0n) is 11.7. The fourth-order valence-corrected chi connectivity index (χ4v) is 1.80. The van der Waals surface area contributed by atoms with E-state index in [0.29, 0.717) is 17.8 Å².